The van der Waals surface area contributed by atoms with Crippen LogP contribution in [0, 0.1) is 22.7 Å². The molecule has 0 aliphatic carbocycles. The topological polar surface area (TPSA) is 56.8 Å². The Morgan fingerprint density at radius 3 is 2.38 bits per heavy atom. The molecule has 3 rings (SSSR count). The zero-order chi connectivity index (χ0) is 18.7. The van der Waals surface area contributed by atoms with Gasteiger partial charge in [-0.25, -0.2) is 0 Å². The molecule has 1 aliphatic rings. The average Bonchev–Trinajstić information content (AvgIpc) is 3.25. The molecule has 0 spiro atoms. The van der Waals surface area contributed by atoms with E-state index in [1.165, 1.54) is 0 Å². The van der Waals surface area contributed by atoms with Crippen LogP contribution in [0.5, 0.6) is 11.5 Å². The van der Waals surface area contributed by atoms with Crippen molar-refractivity contribution in [3.05, 3.63) is 59.2 Å². The summed E-state index contributed by atoms with van der Waals surface area (Å²) in [6.45, 7) is -0.0691. The molecule has 1 saturated heterocycles. The molecule has 2 atom stereocenters. The number of nitrogens with zero attached hydrogens (tertiary/aromatic N) is 2. The van der Waals surface area contributed by atoms with E-state index in [9.17, 15) is 5.26 Å². The summed E-state index contributed by atoms with van der Waals surface area (Å²) in [6, 6.07) is 16.4. The molecule has 26 heavy (non-hydrogen) atoms. The van der Waals surface area contributed by atoms with Gasteiger partial charge in [0.25, 0.3) is 0 Å². The molecule has 2 aromatic rings. The van der Waals surface area contributed by atoms with Gasteiger partial charge in [-0.1, -0.05) is 18.2 Å². The molecule has 8 radical (unpaired) electrons. The van der Waals surface area contributed by atoms with Crippen molar-refractivity contribution in [2.45, 2.75) is 17.4 Å². The monoisotopic (exact) mass is 321 g/mol. The van der Waals surface area contributed by atoms with Crippen LogP contribution in [-0.2, 0) is 6.42 Å². The molecule has 3 nitrogen and oxygen atoms in total. The predicted octanol–water partition coefficient (Wildman–Crippen LogP) is 1.54. The van der Waals surface area contributed by atoms with E-state index in [1.807, 2.05) is 36.4 Å². The largest absolute Gasteiger partial charge is 0.456 e. The van der Waals surface area contributed by atoms with Gasteiger partial charge >= 0.3 is 0 Å². The molecule has 1 fully saturated rings. The summed E-state index contributed by atoms with van der Waals surface area (Å²) < 4.78 is 5.78. The molecule has 1 heterocycles. The van der Waals surface area contributed by atoms with Crippen molar-refractivity contribution in [1.29, 1.82) is 10.5 Å². The van der Waals surface area contributed by atoms with Gasteiger partial charge in [-0.05, 0) is 36.2 Å². The Hall–Kier alpha value is -2.39. The number of benzene rings is 2. The van der Waals surface area contributed by atoms with Crippen LogP contribution >= 0.6 is 0 Å². The first kappa shape index (κ1) is 18.4. The zero-order valence-corrected chi connectivity index (χ0v) is 14.1. The van der Waals surface area contributed by atoms with Gasteiger partial charge in [-0.2, -0.15) is 10.5 Å². The SMILES string of the molecule is [B][10B]C1[10B]([B])C1([10B][B])Cc1ccc(Oc2cccc(C#N)c2C#N)cc1. The lowest BCUT2D eigenvalue weighted by Gasteiger charge is -2.17. The fraction of sp³-hybridized carbons (Fsp3) is 0.176. The summed E-state index contributed by atoms with van der Waals surface area (Å²) in [4.78, 5) is 0. The van der Waals surface area contributed by atoms with Crippen LogP contribution in [0.4, 0.5) is 0 Å². The minimum Gasteiger partial charge on any atom is -0.456 e. The Kier molecular flexibility index (Phi) is 5.28. The second kappa shape index (κ2) is 7.46. The van der Waals surface area contributed by atoms with Crippen LogP contribution in [0.3, 0.4) is 0 Å². The zero-order valence-electron chi connectivity index (χ0n) is 14.1. The summed E-state index contributed by atoms with van der Waals surface area (Å²) in [5.74, 6) is 0.932. The Bertz CT molecular complexity index is 892. The van der Waals surface area contributed by atoms with E-state index in [1.54, 1.807) is 32.5 Å². The molecule has 9 heteroatoms. The van der Waals surface area contributed by atoms with E-state index in [0.717, 1.165) is 5.56 Å². The van der Waals surface area contributed by atoms with Gasteiger partial charge < -0.3 is 4.74 Å². The second-order valence-electron chi connectivity index (χ2n) is 6.35. The maximum absolute atomic E-state index is 9.27. The number of hydrogen-bond donors (Lipinski definition) is 0. The van der Waals surface area contributed by atoms with Gasteiger partial charge in [0.1, 0.15) is 29.2 Å². The van der Waals surface area contributed by atoms with E-state index >= 15 is 0 Å². The smallest absolute Gasteiger partial charge is 0.146 e. The van der Waals surface area contributed by atoms with Crippen molar-refractivity contribution in [2.75, 3.05) is 0 Å². The first-order valence-electron chi connectivity index (χ1n) is 8.16. The van der Waals surface area contributed by atoms with Gasteiger partial charge in [-0.3, -0.25) is 0 Å². The lowest BCUT2D eigenvalue weighted by molar-refractivity contribution is 0.480. The van der Waals surface area contributed by atoms with E-state index < -0.39 is 0 Å². The minimum absolute atomic E-state index is 0.0691. The fourth-order valence-electron chi connectivity index (χ4n) is 3.32. The van der Waals surface area contributed by atoms with Crippen LogP contribution in [-0.4, -0.2) is 44.2 Å². The Morgan fingerprint density at radius 2 is 1.85 bits per heavy atom. The number of rotatable bonds is 6. The molecule has 0 bridgehead atoms. The number of ether oxygens (including phenoxy) is 1. The summed E-state index contributed by atoms with van der Waals surface area (Å²) >= 11 is 0. The Labute approximate surface area is 159 Å². The summed E-state index contributed by atoms with van der Waals surface area (Å²) in [7, 11) is 20.8. The molecule has 0 N–H and O–H groups in total. The van der Waals surface area contributed by atoms with Crippen molar-refractivity contribution in [1.82, 2.24) is 0 Å². The molecule has 0 saturated carbocycles. The first-order chi connectivity index (χ1) is 12.6. The highest BCUT2D eigenvalue weighted by Gasteiger charge is 2.58. The average molecular weight is 321 g/mol. The molecular formula is C17H10B6N2O. The normalized spacial score (nSPS) is 20.5. The van der Waals surface area contributed by atoms with E-state index in [4.69, 9.17) is 33.2 Å². The van der Waals surface area contributed by atoms with Gasteiger partial charge in [0.05, 0.1) is 19.3 Å². The van der Waals surface area contributed by atoms with Crippen molar-refractivity contribution in [2.24, 2.45) is 0 Å². The molecule has 2 aromatic carbocycles. The van der Waals surface area contributed by atoms with Crippen molar-refractivity contribution in [3.63, 3.8) is 0 Å². The van der Waals surface area contributed by atoms with E-state index in [0.29, 0.717) is 17.9 Å². The maximum Gasteiger partial charge on any atom is 0.146 e. The van der Waals surface area contributed by atoms with Crippen LogP contribution < -0.4 is 4.74 Å². The van der Waals surface area contributed by atoms with Gasteiger partial charge in [0, 0.05) is 30.4 Å². The highest BCUT2D eigenvalue weighted by Crippen LogP contribution is 2.61. The Balaban J connectivity index is 1.76. The molecule has 0 amide bonds. The van der Waals surface area contributed by atoms with E-state index in [2.05, 4.69) is 0 Å². The summed E-state index contributed by atoms with van der Waals surface area (Å²) in [6.07, 6.45) is 0.691. The standard InChI is InChI=1S/C17H10B6N2O/c18-21-16-17(22-19,23(16)20)8-11-4-6-13(7-5-11)26-15-3-1-2-12(9-24)14(15)10-25/h1-7,16H,8H2/i21-1,22-1,23-1. The fourth-order valence-corrected chi connectivity index (χ4v) is 3.32. The van der Waals surface area contributed by atoms with Gasteiger partial charge in [0.15, 0.2) is 0 Å². The third kappa shape index (κ3) is 3.19. The quantitative estimate of drug-likeness (QED) is 0.759. The molecule has 1 aliphatic heterocycles. The van der Waals surface area contributed by atoms with Crippen LogP contribution in [0.1, 0.15) is 16.7 Å². The van der Waals surface area contributed by atoms with Crippen LogP contribution in [0.25, 0.3) is 0 Å². The van der Waals surface area contributed by atoms with Crippen LogP contribution in [0.2, 0.25) is 10.9 Å². The third-order valence-electron chi connectivity index (χ3n) is 4.96. The van der Waals surface area contributed by atoms with Crippen LogP contribution in [0.15, 0.2) is 42.5 Å². The maximum atomic E-state index is 9.27. The van der Waals surface area contributed by atoms with Crippen molar-refractivity contribution in [3.8, 4) is 23.6 Å². The number of hydrogen-bond acceptors (Lipinski definition) is 3. The van der Waals surface area contributed by atoms with Crippen molar-refractivity contribution < 1.29 is 4.74 Å². The molecule has 112 valence electrons. The summed E-state index contributed by atoms with van der Waals surface area (Å²) in [5, 5.41) is 18.1. The highest BCUT2D eigenvalue weighted by molar-refractivity contribution is 7.28. The summed E-state index contributed by atoms with van der Waals surface area (Å²) in [5.41, 5.74) is 1.65. The molecule has 2 unspecified atom stereocenters. The van der Waals surface area contributed by atoms with Gasteiger partial charge in [-0.15, -0.1) is 10.9 Å². The highest BCUT2D eigenvalue weighted by atomic mass is 16.5. The minimum atomic E-state index is -0.299. The van der Waals surface area contributed by atoms with E-state index in [-0.39, 0.29) is 28.7 Å². The molecular weight excluding hydrogens is 311 g/mol. The lowest BCUT2D eigenvalue weighted by atomic mass is 8.78. The molecule has 0 aromatic heterocycles. The number of nitriles is 2. The lowest BCUT2D eigenvalue weighted by Crippen LogP contribution is -2.15. The third-order valence-corrected chi connectivity index (χ3v) is 4.96. The van der Waals surface area contributed by atoms with Crippen molar-refractivity contribution >= 4 is 44.2 Å². The first-order valence-corrected chi connectivity index (χ1v) is 8.16. The second-order valence-corrected chi connectivity index (χ2v) is 6.35. The van der Waals surface area contributed by atoms with Gasteiger partial charge in [0.2, 0.25) is 0 Å². The Morgan fingerprint density at radius 1 is 1.12 bits per heavy atom. The predicted molar refractivity (Wildman–Crippen MR) is 107 cm³/mol.